The number of anilines is 1. The minimum absolute atomic E-state index is 0.325. The van der Waals surface area contributed by atoms with Crippen molar-refractivity contribution >= 4 is 23.5 Å². The molecule has 30 heavy (non-hydrogen) atoms. The van der Waals surface area contributed by atoms with Crippen molar-refractivity contribution in [1.82, 2.24) is 0 Å². The highest BCUT2D eigenvalue weighted by atomic mass is 16.6. The predicted molar refractivity (Wildman–Crippen MR) is 110 cm³/mol. The van der Waals surface area contributed by atoms with Crippen molar-refractivity contribution < 1.29 is 33.3 Å². The van der Waals surface area contributed by atoms with Crippen molar-refractivity contribution in [2.24, 2.45) is 0 Å². The van der Waals surface area contributed by atoms with Gasteiger partial charge in [-0.05, 0) is 55.0 Å². The van der Waals surface area contributed by atoms with Crippen molar-refractivity contribution in [3.8, 4) is 11.5 Å². The molecule has 0 spiro atoms. The molecule has 0 aromatic heterocycles. The fraction of sp³-hybridized carbons (Fsp3) is 0.318. The van der Waals surface area contributed by atoms with Crippen LogP contribution in [-0.4, -0.2) is 44.8 Å². The number of nitrogens with one attached hydrogen (secondary N) is 1. The van der Waals surface area contributed by atoms with Crippen LogP contribution in [0.4, 0.5) is 5.69 Å². The zero-order valence-electron chi connectivity index (χ0n) is 17.0. The lowest BCUT2D eigenvalue weighted by molar-refractivity contribution is -0.149. The van der Waals surface area contributed by atoms with Crippen LogP contribution in [0.2, 0.25) is 0 Å². The van der Waals surface area contributed by atoms with Gasteiger partial charge >= 0.3 is 11.9 Å². The molecular weight excluding hydrogens is 390 g/mol. The molecule has 0 unspecified atom stereocenters. The molecule has 1 N–H and O–H groups in total. The zero-order chi connectivity index (χ0) is 21.8. The Morgan fingerprint density at radius 1 is 0.867 bits per heavy atom. The van der Waals surface area contributed by atoms with Gasteiger partial charge in [-0.15, -0.1) is 0 Å². The predicted octanol–water partition coefficient (Wildman–Crippen LogP) is 3.21. The first kappa shape index (κ1) is 22.7. The Bertz CT molecular complexity index is 832. The van der Waals surface area contributed by atoms with Gasteiger partial charge in [-0.1, -0.05) is 13.3 Å². The molecule has 2 aromatic rings. The van der Waals surface area contributed by atoms with Crippen LogP contribution >= 0.6 is 0 Å². The van der Waals surface area contributed by atoms with E-state index >= 15 is 0 Å². The number of benzene rings is 2. The van der Waals surface area contributed by atoms with Crippen LogP contribution in [0.25, 0.3) is 0 Å². The second-order valence-corrected chi connectivity index (χ2v) is 6.24. The molecule has 0 aliphatic heterocycles. The van der Waals surface area contributed by atoms with Gasteiger partial charge in [-0.2, -0.15) is 0 Å². The van der Waals surface area contributed by atoms with E-state index in [1.807, 2.05) is 6.92 Å². The Morgan fingerprint density at radius 2 is 1.53 bits per heavy atom. The van der Waals surface area contributed by atoms with E-state index in [1.165, 1.54) is 0 Å². The Morgan fingerprint density at radius 3 is 2.17 bits per heavy atom. The highest BCUT2D eigenvalue weighted by molar-refractivity contribution is 5.94. The molecule has 2 aromatic carbocycles. The summed E-state index contributed by atoms with van der Waals surface area (Å²) in [6.45, 7) is 1.61. The zero-order valence-corrected chi connectivity index (χ0v) is 17.0. The number of hydrogen-bond donors (Lipinski definition) is 1. The van der Waals surface area contributed by atoms with Gasteiger partial charge < -0.3 is 24.3 Å². The third kappa shape index (κ3) is 7.83. The number of unbranched alkanes of at least 4 members (excludes halogenated alkanes) is 1. The van der Waals surface area contributed by atoms with Crippen molar-refractivity contribution in [3.05, 3.63) is 54.1 Å². The fourth-order valence-electron chi connectivity index (χ4n) is 2.28. The molecule has 0 saturated heterocycles. The number of rotatable bonds is 11. The molecule has 0 aliphatic carbocycles. The number of esters is 2. The second-order valence-electron chi connectivity index (χ2n) is 6.24. The summed E-state index contributed by atoms with van der Waals surface area (Å²) < 4.78 is 20.3. The van der Waals surface area contributed by atoms with Crippen LogP contribution in [-0.2, 0) is 19.1 Å². The van der Waals surface area contributed by atoms with E-state index in [9.17, 15) is 14.4 Å². The van der Waals surface area contributed by atoms with Crippen LogP contribution in [0.5, 0.6) is 11.5 Å². The number of carbonyl (C=O) groups excluding carboxylic acids is 3. The Kier molecular flexibility index (Phi) is 9.18. The van der Waals surface area contributed by atoms with E-state index in [0.717, 1.165) is 12.8 Å². The van der Waals surface area contributed by atoms with Crippen molar-refractivity contribution in [2.45, 2.75) is 19.8 Å². The van der Waals surface area contributed by atoms with Gasteiger partial charge in [0.15, 0.2) is 13.2 Å². The molecule has 8 nitrogen and oxygen atoms in total. The van der Waals surface area contributed by atoms with Crippen molar-refractivity contribution in [1.29, 1.82) is 0 Å². The maximum atomic E-state index is 11.9. The summed E-state index contributed by atoms with van der Waals surface area (Å²) in [4.78, 5) is 35.5. The van der Waals surface area contributed by atoms with Gasteiger partial charge in [-0.3, -0.25) is 4.79 Å². The summed E-state index contributed by atoms with van der Waals surface area (Å²) in [5.41, 5.74) is 0.863. The highest BCUT2D eigenvalue weighted by Gasteiger charge is 2.10. The standard InChI is InChI=1S/C22H25NO7/c1-3-4-13-28-22(26)16-5-7-17(8-6-16)23-20(24)14-30-21(25)15-29-19-11-9-18(27-2)10-12-19/h5-12H,3-4,13-15H2,1-2H3,(H,23,24). The summed E-state index contributed by atoms with van der Waals surface area (Å²) in [7, 11) is 1.55. The smallest absolute Gasteiger partial charge is 0.344 e. The fourth-order valence-corrected chi connectivity index (χ4v) is 2.28. The number of methoxy groups -OCH3 is 1. The first-order valence-electron chi connectivity index (χ1n) is 9.51. The Balaban J connectivity index is 1.70. The average molecular weight is 415 g/mol. The molecule has 0 radical (unpaired) electrons. The first-order valence-corrected chi connectivity index (χ1v) is 9.51. The van der Waals surface area contributed by atoms with E-state index in [0.29, 0.717) is 29.4 Å². The largest absolute Gasteiger partial charge is 0.497 e. The summed E-state index contributed by atoms with van der Waals surface area (Å²) in [5.74, 6) is -0.446. The third-order valence-corrected chi connectivity index (χ3v) is 3.92. The third-order valence-electron chi connectivity index (χ3n) is 3.92. The molecule has 0 heterocycles. The lowest BCUT2D eigenvalue weighted by Gasteiger charge is -2.09. The maximum absolute atomic E-state index is 11.9. The SMILES string of the molecule is CCCCOC(=O)c1ccc(NC(=O)COC(=O)COc2ccc(OC)cc2)cc1. The molecule has 0 atom stereocenters. The average Bonchev–Trinajstić information content (AvgIpc) is 2.77. The summed E-state index contributed by atoms with van der Waals surface area (Å²) in [6.07, 6.45) is 1.75. The van der Waals surface area contributed by atoms with Gasteiger partial charge in [0.2, 0.25) is 0 Å². The highest BCUT2D eigenvalue weighted by Crippen LogP contribution is 2.17. The molecule has 0 aliphatic rings. The topological polar surface area (TPSA) is 100 Å². The molecule has 0 bridgehead atoms. The van der Waals surface area contributed by atoms with Crippen LogP contribution in [0.15, 0.2) is 48.5 Å². The Hall–Kier alpha value is -3.55. The number of ether oxygens (including phenoxy) is 4. The molecule has 2 rings (SSSR count). The van der Waals surface area contributed by atoms with Crippen LogP contribution in [0, 0.1) is 0 Å². The van der Waals surface area contributed by atoms with E-state index < -0.39 is 24.5 Å². The van der Waals surface area contributed by atoms with Crippen molar-refractivity contribution in [3.63, 3.8) is 0 Å². The second kappa shape index (κ2) is 12.1. The quantitative estimate of drug-likeness (QED) is 0.444. The lowest BCUT2D eigenvalue weighted by Crippen LogP contribution is -2.23. The number of carbonyl (C=O) groups is 3. The van der Waals surface area contributed by atoms with Gasteiger partial charge in [0.25, 0.3) is 5.91 Å². The summed E-state index contributed by atoms with van der Waals surface area (Å²) in [6, 6.07) is 13.0. The molecular formula is C22H25NO7. The molecule has 0 saturated carbocycles. The van der Waals surface area contributed by atoms with Crippen LogP contribution < -0.4 is 14.8 Å². The van der Waals surface area contributed by atoms with Crippen LogP contribution in [0.1, 0.15) is 30.1 Å². The van der Waals surface area contributed by atoms with Gasteiger partial charge in [-0.25, -0.2) is 9.59 Å². The minimum Gasteiger partial charge on any atom is -0.497 e. The minimum atomic E-state index is -0.675. The molecule has 1 amide bonds. The number of amides is 1. The monoisotopic (exact) mass is 415 g/mol. The lowest BCUT2D eigenvalue weighted by atomic mass is 10.2. The van der Waals surface area contributed by atoms with Crippen LogP contribution in [0.3, 0.4) is 0 Å². The molecule has 160 valence electrons. The first-order chi connectivity index (χ1) is 14.5. The van der Waals surface area contributed by atoms with Crippen molar-refractivity contribution in [2.75, 3.05) is 32.2 Å². The number of hydrogen-bond acceptors (Lipinski definition) is 7. The normalized spacial score (nSPS) is 10.1. The summed E-state index contributed by atoms with van der Waals surface area (Å²) in [5, 5.41) is 2.58. The molecule has 8 heteroatoms. The maximum Gasteiger partial charge on any atom is 0.344 e. The molecule has 0 fully saturated rings. The Labute approximate surface area is 175 Å². The van der Waals surface area contributed by atoms with E-state index in [1.54, 1.807) is 55.6 Å². The van der Waals surface area contributed by atoms with Gasteiger partial charge in [0.1, 0.15) is 11.5 Å². The van der Waals surface area contributed by atoms with E-state index in [4.69, 9.17) is 18.9 Å². The van der Waals surface area contributed by atoms with E-state index in [-0.39, 0.29) is 6.61 Å². The van der Waals surface area contributed by atoms with E-state index in [2.05, 4.69) is 5.32 Å². The van der Waals surface area contributed by atoms with Gasteiger partial charge in [0, 0.05) is 5.69 Å². The summed E-state index contributed by atoms with van der Waals surface area (Å²) >= 11 is 0. The van der Waals surface area contributed by atoms with Gasteiger partial charge in [0.05, 0.1) is 19.3 Å².